The van der Waals surface area contributed by atoms with Crippen LogP contribution in [-0.4, -0.2) is 0 Å². The molecule has 1 nitrogen and oxygen atoms in total. The average molecular weight is 253 g/mol. The summed E-state index contributed by atoms with van der Waals surface area (Å²) in [6, 6.07) is 19.9. The first-order chi connectivity index (χ1) is 9.29. The SMILES string of the molecule is CCCC(NCc1cccc(C)c1)c1ccccc1. The van der Waals surface area contributed by atoms with E-state index in [1.807, 2.05) is 0 Å². The molecule has 0 aliphatic rings. The molecule has 0 radical (unpaired) electrons. The molecule has 1 atom stereocenters. The van der Waals surface area contributed by atoms with Crippen LogP contribution in [0.2, 0.25) is 0 Å². The molecule has 19 heavy (non-hydrogen) atoms. The van der Waals surface area contributed by atoms with Gasteiger partial charge in [0.2, 0.25) is 0 Å². The predicted molar refractivity (Wildman–Crippen MR) is 82.1 cm³/mol. The fourth-order valence-corrected chi connectivity index (χ4v) is 2.42. The lowest BCUT2D eigenvalue weighted by molar-refractivity contribution is 0.493. The summed E-state index contributed by atoms with van der Waals surface area (Å²) in [4.78, 5) is 0. The molecule has 1 N–H and O–H groups in total. The summed E-state index contributed by atoms with van der Waals surface area (Å²) in [5.41, 5.74) is 4.07. The molecule has 0 bridgehead atoms. The van der Waals surface area contributed by atoms with E-state index in [9.17, 15) is 0 Å². The molecule has 0 aromatic heterocycles. The van der Waals surface area contributed by atoms with Gasteiger partial charge in [-0.1, -0.05) is 73.5 Å². The van der Waals surface area contributed by atoms with Crippen molar-refractivity contribution in [2.45, 2.75) is 39.3 Å². The Morgan fingerprint density at radius 3 is 2.47 bits per heavy atom. The van der Waals surface area contributed by atoms with E-state index in [-0.39, 0.29) is 0 Å². The highest BCUT2D eigenvalue weighted by Gasteiger charge is 2.09. The maximum absolute atomic E-state index is 3.68. The molecule has 2 rings (SSSR count). The number of hydrogen-bond acceptors (Lipinski definition) is 1. The number of benzene rings is 2. The smallest absolute Gasteiger partial charge is 0.0323 e. The van der Waals surface area contributed by atoms with E-state index in [1.165, 1.54) is 29.5 Å². The van der Waals surface area contributed by atoms with E-state index in [0.29, 0.717) is 6.04 Å². The van der Waals surface area contributed by atoms with Gasteiger partial charge in [0.25, 0.3) is 0 Å². The summed E-state index contributed by atoms with van der Waals surface area (Å²) in [7, 11) is 0. The fourth-order valence-electron chi connectivity index (χ4n) is 2.42. The van der Waals surface area contributed by atoms with Gasteiger partial charge in [0.1, 0.15) is 0 Å². The lowest BCUT2D eigenvalue weighted by atomic mass is 10.0. The van der Waals surface area contributed by atoms with Crippen molar-refractivity contribution in [1.82, 2.24) is 5.32 Å². The highest BCUT2D eigenvalue weighted by Crippen LogP contribution is 2.18. The average Bonchev–Trinajstić information content (AvgIpc) is 2.44. The third-order valence-corrected chi connectivity index (χ3v) is 3.41. The standard InChI is InChI=1S/C18H23N/c1-3-8-18(17-11-5-4-6-12-17)19-14-16-10-7-9-15(2)13-16/h4-7,9-13,18-19H,3,8,14H2,1-2H3. The molecular weight excluding hydrogens is 230 g/mol. The molecule has 2 aromatic carbocycles. The Labute approximate surface area is 116 Å². The van der Waals surface area contributed by atoms with Gasteiger partial charge in [-0.25, -0.2) is 0 Å². The van der Waals surface area contributed by atoms with Gasteiger partial charge >= 0.3 is 0 Å². The van der Waals surface area contributed by atoms with Crippen LogP contribution < -0.4 is 5.32 Å². The van der Waals surface area contributed by atoms with Gasteiger partial charge in [-0.3, -0.25) is 0 Å². The van der Waals surface area contributed by atoms with Gasteiger partial charge in [-0.05, 0) is 24.5 Å². The first-order valence-electron chi connectivity index (χ1n) is 7.13. The molecule has 0 aliphatic heterocycles. The molecule has 0 heterocycles. The number of nitrogens with one attached hydrogen (secondary N) is 1. The van der Waals surface area contributed by atoms with E-state index >= 15 is 0 Å². The monoisotopic (exact) mass is 253 g/mol. The molecule has 2 aromatic rings. The molecule has 0 amide bonds. The van der Waals surface area contributed by atoms with Crippen molar-refractivity contribution in [3.05, 3.63) is 71.3 Å². The van der Waals surface area contributed by atoms with E-state index in [4.69, 9.17) is 0 Å². The van der Waals surface area contributed by atoms with Gasteiger partial charge in [0.15, 0.2) is 0 Å². The zero-order valence-corrected chi connectivity index (χ0v) is 11.9. The zero-order chi connectivity index (χ0) is 13.5. The number of hydrogen-bond donors (Lipinski definition) is 1. The van der Waals surface area contributed by atoms with Gasteiger partial charge < -0.3 is 5.32 Å². The fraction of sp³-hybridized carbons (Fsp3) is 0.333. The first kappa shape index (κ1) is 13.8. The lowest BCUT2D eigenvalue weighted by Gasteiger charge is -2.19. The normalized spacial score (nSPS) is 12.3. The van der Waals surface area contributed by atoms with E-state index in [2.05, 4.69) is 73.8 Å². The van der Waals surface area contributed by atoms with Gasteiger partial charge in [-0.2, -0.15) is 0 Å². The second kappa shape index (κ2) is 7.10. The Hall–Kier alpha value is -1.60. The topological polar surface area (TPSA) is 12.0 Å². The molecule has 0 spiro atoms. The van der Waals surface area contributed by atoms with Crippen molar-refractivity contribution in [3.8, 4) is 0 Å². The zero-order valence-electron chi connectivity index (χ0n) is 11.9. The number of aryl methyl sites for hydroxylation is 1. The van der Waals surface area contributed by atoms with Gasteiger partial charge in [0.05, 0.1) is 0 Å². The van der Waals surface area contributed by atoms with Crippen LogP contribution in [0, 0.1) is 6.92 Å². The minimum atomic E-state index is 0.451. The second-order valence-corrected chi connectivity index (χ2v) is 5.12. The molecule has 0 fully saturated rings. The third kappa shape index (κ3) is 4.22. The largest absolute Gasteiger partial charge is 0.306 e. The van der Waals surface area contributed by atoms with E-state index in [1.54, 1.807) is 0 Å². The summed E-state index contributed by atoms with van der Waals surface area (Å²) >= 11 is 0. The Bertz CT molecular complexity index is 490. The minimum absolute atomic E-state index is 0.451. The van der Waals surface area contributed by atoms with E-state index < -0.39 is 0 Å². The van der Waals surface area contributed by atoms with Crippen molar-refractivity contribution in [2.75, 3.05) is 0 Å². The Morgan fingerprint density at radius 1 is 1.00 bits per heavy atom. The number of rotatable bonds is 6. The summed E-state index contributed by atoms with van der Waals surface area (Å²) < 4.78 is 0. The van der Waals surface area contributed by atoms with Crippen molar-refractivity contribution < 1.29 is 0 Å². The lowest BCUT2D eigenvalue weighted by Crippen LogP contribution is -2.20. The molecule has 0 saturated heterocycles. The Morgan fingerprint density at radius 2 is 1.79 bits per heavy atom. The summed E-state index contributed by atoms with van der Waals surface area (Å²) in [6.07, 6.45) is 2.37. The molecule has 1 heteroatoms. The van der Waals surface area contributed by atoms with Crippen LogP contribution in [0.4, 0.5) is 0 Å². The van der Waals surface area contributed by atoms with Crippen LogP contribution >= 0.6 is 0 Å². The molecule has 0 aliphatic carbocycles. The summed E-state index contributed by atoms with van der Waals surface area (Å²) in [5, 5.41) is 3.68. The van der Waals surface area contributed by atoms with Crippen LogP contribution in [0.3, 0.4) is 0 Å². The molecule has 100 valence electrons. The van der Waals surface area contributed by atoms with E-state index in [0.717, 1.165) is 6.54 Å². The molecule has 1 unspecified atom stereocenters. The predicted octanol–water partition coefficient (Wildman–Crippen LogP) is 4.63. The van der Waals surface area contributed by atoms with Crippen LogP contribution in [0.15, 0.2) is 54.6 Å². The van der Waals surface area contributed by atoms with Crippen molar-refractivity contribution in [1.29, 1.82) is 0 Å². The van der Waals surface area contributed by atoms with Crippen molar-refractivity contribution in [2.24, 2.45) is 0 Å². The van der Waals surface area contributed by atoms with Crippen molar-refractivity contribution in [3.63, 3.8) is 0 Å². The minimum Gasteiger partial charge on any atom is -0.306 e. The quantitative estimate of drug-likeness (QED) is 0.791. The molecular formula is C18H23N. The van der Waals surface area contributed by atoms with Gasteiger partial charge in [-0.15, -0.1) is 0 Å². The first-order valence-corrected chi connectivity index (χ1v) is 7.13. The summed E-state index contributed by atoms with van der Waals surface area (Å²) in [5.74, 6) is 0. The molecule has 0 saturated carbocycles. The van der Waals surface area contributed by atoms with Crippen LogP contribution in [0.5, 0.6) is 0 Å². The third-order valence-electron chi connectivity index (χ3n) is 3.41. The van der Waals surface area contributed by atoms with Crippen LogP contribution in [-0.2, 0) is 6.54 Å². The van der Waals surface area contributed by atoms with Gasteiger partial charge in [0, 0.05) is 12.6 Å². The highest BCUT2D eigenvalue weighted by molar-refractivity contribution is 5.23. The Kier molecular flexibility index (Phi) is 5.17. The van der Waals surface area contributed by atoms with Crippen LogP contribution in [0.1, 0.15) is 42.5 Å². The highest BCUT2D eigenvalue weighted by atomic mass is 14.9. The van der Waals surface area contributed by atoms with Crippen molar-refractivity contribution >= 4 is 0 Å². The van der Waals surface area contributed by atoms with Crippen LogP contribution in [0.25, 0.3) is 0 Å². The summed E-state index contributed by atoms with van der Waals surface area (Å²) in [6.45, 7) is 5.32. The maximum atomic E-state index is 3.68. The Balaban J connectivity index is 2.01. The maximum Gasteiger partial charge on any atom is 0.0323 e. The second-order valence-electron chi connectivity index (χ2n) is 5.12.